The number of rotatable bonds is 4. The van der Waals surface area contributed by atoms with Crippen molar-refractivity contribution >= 4 is 29.2 Å². The Bertz CT molecular complexity index is 611. The lowest BCUT2D eigenvalue weighted by Crippen LogP contribution is -2.09. The highest BCUT2D eigenvalue weighted by atomic mass is 35.5. The Labute approximate surface area is 120 Å². The molecule has 0 aliphatic carbocycles. The fourth-order valence-corrected chi connectivity index (χ4v) is 2.01. The number of halogens is 2. The van der Waals surface area contributed by atoms with E-state index in [9.17, 15) is 4.79 Å². The summed E-state index contributed by atoms with van der Waals surface area (Å²) < 4.78 is 5.25. The largest absolute Gasteiger partial charge is 0.481 e. The topological polar surface area (TPSA) is 46.5 Å². The minimum absolute atomic E-state index is 0.408. The molecule has 0 fully saturated rings. The first-order valence-corrected chi connectivity index (χ1v) is 6.22. The van der Waals surface area contributed by atoms with E-state index in [2.05, 4.69) is 0 Å². The number of carboxylic acids is 1. The van der Waals surface area contributed by atoms with Crippen molar-refractivity contribution in [3.05, 3.63) is 52.5 Å². The molecule has 0 aromatic heterocycles. The highest BCUT2D eigenvalue weighted by Crippen LogP contribution is 2.33. The minimum Gasteiger partial charge on any atom is -0.481 e. The number of hydrogen-bond donors (Lipinski definition) is 1. The summed E-state index contributed by atoms with van der Waals surface area (Å²) >= 11 is 11.9. The first-order valence-electron chi connectivity index (χ1n) is 5.46. The summed E-state index contributed by atoms with van der Waals surface area (Å²) in [7, 11) is 0. The van der Waals surface area contributed by atoms with Gasteiger partial charge in [-0.1, -0.05) is 35.3 Å². The second-order valence-electron chi connectivity index (χ2n) is 3.83. The van der Waals surface area contributed by atoms with Crippen molar-refractivity contribution in [2.24, 2.45) is 0 Å². The summed E-state index contributed by atoms with van der Waals surface area (Å²) in [6.07, 6.45) is 0. The van der Waals surface area contributed by atoms with Gasteiger partial charge in [0.1, 0.15) is 5.75 Å². The van der Waals surface area contributed by atoms with Gasteiger partial charge in [-0.3, -0.25) is 0 Å². The molecule has 0 spiro atoms. The molecule has 19 heavy (non-hydrogen) atoms. The van der Waals surface area contributed by atoms with E-state index in [1.165, 1.54) is 0 Å². The monoisotopic (exact) mass is 296 g/mol. The highest BCUT2D eigenvalue weighted by Gasteiger charge is 2.09. The molecule has 0 radical (unpaired) electrons. The molecule has 0 saturated heterocycles. The van der Waals surface area contributed by atoms with E-state index in [0.717, 1.165) is 5.56 Å². The van der Waals surface area contributed by atoms with E-state index in [0.29, 0.717) is 21.4 Å². The quantitative estimate of drug-likeness (QED) is 0.923. The van der Waals surface area contributed by atoms with Crippen LogP contribution < -0.4 is 4.74 Å². The summed E-state index contributed by atoms with van der Waals surface area (Å²) in [6, 6.07) is 12.2. The van der Waals surface area contributed by atoms with Gasteiger partial charge in [-0.15, -0.1) is 0 Å². The second-order valence-corrected chi connectivity index (χ2v) is 4.71. The maximum absolute atomic E-state index is 10.6. The molecule has 0 saturated carbocycles. The number of hydrogen-bond acceptors (Lipinski definition) is 2. The van der Waals surface area contributed by atoms with Crippen molar-refractivity contribution in [2.45, 2.75) is 0 Å². The maximum Gasteiger partial charge on any atom is 0.341 e. The van der Waals surface area contributed by atoms with Crippen molar-refractivity contribution in [1.29, 1.82) is 0 Å². The average Bonchev–Trinajstić information content (AvgIpc) is 2.37. The standard InChI is InChI=1S/C14H10Cl2O3/c15-10-3-1-2-9(6-10)12-7-11(16)4-5-13(12)19-8-14(17)18/h1-7H,8H2,(H,17,18). The van der Waals surface area contributed by atoms with Crippen LogP contribution in [-0.4, -0.2) is 17.7 Å². The average molecular weight is 297 g/mol. The number of benzene rings is 2. The van der Waals surface area contributed by atoms with Crippen LogP contribution in [0.15, 0.2) is 42.5 Å². The molecule has 0 unspecified atom stereocenters. The molecule has 2 aromatic rings. The van der Waals surface area contributed by atoms with Crippen molar-refractivity contribution in [2.75, 3.05) is 6.61 Å². The lowest BCUT2D eigenvalue weighted by Gasteiger charge is -2.11. The van der Waals surface area contributed by atoms with Gasteiger partial charge in [0.15, 0.2) is 6.61 Å². The van der Waals surface area contributed by atoms with Gasteiger partial charge >= 0.3 is 5.97 Å². The minimum atomic E-state index is -1.04. The van der Waals surface area contributed by atoms with Crippen LogP contribution in [0.3, 0.4) is 0 Å². The first kappa shape index (κ1) is 13.7. The highest BCUT2D eigenvalue weighted by molar-refractivity contribution is 6.31. The van der Waals surface area contributed by atoms with Crippen LogP contribution in [-0.2, 0) is 4.79 Å². The van der Waals surface area contributed by atoms with E-state index in [-0.39, 0.29) is 0 Å². The summed E-state index contributed by atoms with van der Waals surface area (Å²) in [6.45, 7) is -0.408. The fourth-order valence-electron chi connectivity index (χ4n) is 1.65. The van der Waals surface area contributed by atoms with Crippen LogP contribution in [0, 0.1) is 0 Å². The molecule has 2 rings (SSSR count). The number of carboxylic acid groups (broad SMARTS) is 1. The Balaban J connectivity index is 2.42. The van der Waals surface area contributed by atoms with Crippen LogP contribution in [0.4, 0.5) is 0 Å². The molecule has 2 aromatic carbocycles. The van der Waals surface area contributed by atoms with E-state index in [1.807, 2.05) is 6.07 Å². The Morgan fingerprint density at radius 3 is 2.53 bits per heavy atom. The van der Waals surface area contributed by atoms with Gasteiger partial charge in [-0.05, 0) is 35.9 Å². The van der Waals surface area contributed by atoms with Crippen LogP contribution in [0.25, 0.3) is 11.1 Å². The summed E-state index contributed by atoms with van der Waals surface area (Å²) in [5.74, 6) is -0.582. The normalized spacial score (nSPS) is 10.2. The lowest BCUT2D eigenvalue weighted by molar-refractivity contribution is -0.139. The molecule has 0 bridgehead atoms. The van der Waals surface area contributed by atoms with Crippen molar-refractivity contribution < 1.29 is 14.6 Å². The van der Waals surface area contributed by atoms with Gasteiger partial charge < -0.3 is 9.84 Å². The van der Waals surface area contributed by atoms with E-state index < -0.39 is 12.6 Å². The van der Waals surface area contributed by atoms with Gasteiger partial charge in [0.2, 0.25) is 0 Å². The van der Waals surface area contributed by atoms with Gasteiger partial charge in [-0.2, -0.15) is 0 Å². The lowest BCUT2D eigenvalue weighted by atomic mass is 10.0. The molecule has 0 heterocycles. The van der Waals surface area contributed by atoms with Crippen molar-refractivity contribution in [3.8, 4) is 16.9 Å². The summed E-state index contributed by atoms with van der Waals surface area (Å²) in [5, 5.41) is 9.79. The molecular weight excluding hydrogens is 287 g/mol. The molecule has 0 amide bonds. The molecule has 0 aliphatic rings. The molecule has 98 valence electrons. The Morgan fingerprint density at radius 2 is 1.84 bits per heavy atom. The zero-order valence-corrected chi connectivity index (χ0v) is 11.3. The smallest absolute Gasteiger partial charge is 0.341 e. The first-order chi connectivity index (χ1) is 9.06. The number of carbonyl (C=O) groups is 1. The molecule has 1 N–H and O–H groups in total. The zero-order valence-electron chi connectivity index (χ0n) is 9.77. The number of ether oxygens (including phenoxy) is 1. The number of aliphatic carboxylic acids is 1. The third-order valence-corrected chi connectivity index (χ3v) is 2.90. The maximum atomic E-state index is 10.6. The van der Waals surface area contributed by atoms with E-state index in [4.69, 9.17) is 33.0 Å². The SMILES string of the molecule is O=C(O)COc1ccc(Cl)cc1-c1cccc(Cl)c1. The Morgan fingerprint density at radius 1 is 1.11 bits per heavy atom. The molecule has 0 aliphatic heterocycles. The molecular formula is C14H10Cl2O3. The van der Waals surface area contributed by atoms with Gasteiger partial charge in [0, 0.05) is 15.6 Å². The summed E-state index contributed by atoms with van der Waals surface area (Å²) in [5.41, 5.74) is 1.52. The summed E-state index contributed by atoms with van der Waals surface area (Å²) in [4.78, 5) is 10.6. The zero-order chi connectivity index (χ0) is 13.8. The van der Waals surface area contributed by atoms with Gasteiger partial charge in [0.05, 0.1) is 0 Å². The van der Waals surface area contributed by atoms with Crippen LogP contribution >= 0.6 is 23.2 Å². The van der Waals surface area contributed by atoms with Gasteiger partial charge in [0.25, 0.3) is 0 Å². The van der Waals surface area contributed by atoms with Crippen molar-refractivity contribution in [3.63, 3.8) is 0 Å². The molecule has 5 heteroatoms. The van der Waals surface area contributed by atoms with E-state index >= 15 is 0 Å². The third kappa shape index (κ3) is 3.63. The van der Waals surface area contributed by atoms with Crippen LogP contribution in [0.1, 0.15) is 0 Å². The van der Waals surface area contributed by atoms with Gasteiger partial charge in [-0.25, -0.2) is 4.79 Å². The van der Waals surface area contributed by atoms with E-state index in [1.54, 1.807) is 36.4 Å². The predicted molar refractivity (Wildman–Crippen MR) is 75.0 cm³/mol. The fraction of sp³-hybridized carbons (Fsp3) is 0.0714. The predicted octanol–water partition coefficient (Wildman–Crippen LogP) is 4.12. The molecule has 0 atom stereocenters. The van der Waals surface area contributed by atoms with Crippen LogP contribution in [0.2, 0.25) is 10.0 Å². The van der Waals surface area contributed by atoms with Crippen molar-refractivity contribution in [1.82, 2.24) is 0 Å². The second kappa shape index (κ2) is 5.95. The Kier molecular flexibility index (Phi) is 4.30. The third-order valence-electron chi connectivity index (χ3n) is 2.43. The molecule has 3 nitrogen and oxygen atoms in total. The van der Waals surface area contributed by atoms with Crippen LogP contribution in [0.5, 0.6) is 5.75 Å². The Hall–Kier alpha value is -1.71.